The molecule has 1 aromatic carbocycles. The average molecular weight is 454 g/mol. The predicted octanol–water partition coefficient (Wildman–Crippen LogP) is 3.67. The second kappa shape index (κ2) is 8.14. The van der Waals surface area contributed by atoms with Crippen molar-refractivity contribution in [1.82, 2.24) is 25.2 Å². The zero-order valence-electron chi connectivity index (χ0n) is 19.4. The number of amides is 1. The molecule has 2 aliphatic heterocycles. The molecule has 0 bridgehead atoms. The Hall–Kier alpha value is -3.91. The van der Waals surface area contributed by atoms with Crippen LogP contribution in [0.5, 0.6) is 0 Å². The van der Waals surface area contributed by atoms with Crippen molar-refractivity contribution in [2.24, 2.45) is 0 Å². The molecule has 6 rings (SSSR count). The first-order chi connectivity index (χ1) is 16.6. The van der Waals surface area contributed by atoms with Gasteiger partial charge in [0, 0.05) is 56.1 Å². The first kappa shape index (κ1) is 20.7. The molecule has 34 heavy (non-hydrogen) atoms. The minimum atomic E-state index is -0.0671. The number of fused-ring (bicyclic) bond motifs is 2. The number of H-pyrrole nitrogens is 1. The lowest BCUT2D eigenvalue weighted by molar-refractivity contribution is 0.0966. The molecule has 3 aromatic heterocycles. The van der Waals surface area contributed by atoms with E-state index in [1.54, 1.807) is 0 Å². The van der Waals surface area contributed by atoms with Crippen molar-refractivity contribution in [1.29, 1.82) is 0 Å². The molecule has 5 heterocycles. The standard InChI is InChI=1S/C26H27N7O/c1-16-11-19-20(14-29-25(19)28-12-16)18-4-5-22(24-21(18)15-30-26(24)34)31-23-6-3-17(13-27-23)33-9-7-32(2)8-10-33/h3-6,11-14H,7-10,15H2,1-2H3,(H,27,31)(H,28,29)(H,30,34). The van der Waals surface area contributed by atoms with Crippen LogP contribution in [0.2, 0.25) is 0 Å². The number of hydrogen-bond acceptors (Lipinski definition) is 6. The van der Waals surface area contributed by atoms with Crippen LogP contribution in [0.15, 0.2) is 48.9 Å². The lowest BCUT2D eigenvalue weighted by Crippen LogP contribution is -2.44. The molecular formula is C26H27N7O. The number of aromatic nitrogens is 3. The summed E-state index contributed by atoms with van der Waals surface area (Å²) in [6.07, 6.45) is 5.73. The summed E-state index contributed by atoms with van der Waals surface area (Å²) in [5.41, 5.74) is 7.60. The van der Waals surface area contributed by atoms with Crippen molar-refractivity contribution in [2.45, 2.75) is 13.5 Å². The van der Waals surface area contributed by atoms with E-state index in [1.807, 2.05) is 37.6 Å². The zero-order chi connectivity index (χ0) is 23.2. The maximum absolute atomic E-state index is 12.8. The molecule has 0 saturated carbocycles. The number of aromatic amines is 1. The van der Waals surface area contributed by atoms with Gasteiger partial charge in [0.1, 0.15) is 11.5 Å². The largest absolute Gasteiger partial charge is 0.368 e. The summed E-state index contributed by atoms with van der Waals surface area (Å²) in [6.45, 7) is 6.65. The number of carbonyl (C=O) groups is 1. The zero-order valence-corrected chi connectivity index (χ0v) is 19.4. The number of anilines is 3. The molecule has 0 spiro atoms. The molecular weight excluding hydrogens is 426 g/mol. The lowest BCUT2D eigenvalue weighted by atomic mass is 9.95. The summed E-state index contributed by atoms with van der Waals surface area (Å²) in [5, 5.41) is 7.42. The average Bonchev–Trinajstić information content (AvgIpc) is 3.44. The van der Waals surface area contributed by atoms with Gasteiger partial charge in [-0.25, -0.2) is 9.97 Å². The van der Waals surface area contributed by atoms with Crippen molar-refractivity contribution in [3.8, 4) is 11.1 Å². The van der Waals surface area contributed by atoms with Crippen molar-refractivity contribution in [3.05, 3.63) is 65.6 Å². The summed E-state index contributed by atoms with van der Waals surface area (Å²) in [7, 11) is 2.15. The minimum absolute atomic E-state index is 0.0671. The molecule has 0 radical (unpaired) electrons. The van der Waals surface area contributed by atoms with Gasteiger partial charge in [-0.3, -0.25) is 4.79 Å². The van der Waals surface area contributed by atoms with Crippen molar-refractivity contribution < 1.29 is 4.79 Å². The summed E-state index contributed by atoms with van der Waals surface area (Å²) >= 11 is 0. The topological polar surface area (TPSA) is 89.2 Å². The first-order valence-corrected chi connectivity index (χ1v) is 11.6. The summed E-state index contributed by atoms with van der Waals surface area (Å²) in [4.78, 5) is 29.9. The van der Waals surface area contributed by atoms with E-state index in [1.165, 1.54) is 0 Å². The maximum atomic E-state index is 12.8. The predicted molar refractivity (Wildman–Crippen MR) is 135 cm³/mol. The van der Waals surface area contributed by atoms with Gasteiger partial charge < -0.3 is 25.4 Å². The van der Waals surface area contributed by atoms with Gasteiger partial charge in [-0.1, -0.05) is 6.07 Å². The summed E-state index contributed by atoms with van der Waals surface area (Å²) in [5.74, 6) is 0.655. The Kier molecular flexibility index (Phi) is 4.95. The molecule has 1 saturated heterocycles. The Morgan fingerprint density at radius 2 is 1.85 bits per heavy atom. The molecule has 8 nitrogen and oxygen atoms in total. The quantitative estimate of drug-likeness (QED) is 0.437. The third kappa shape index (κ3) is 3.56. The normalized spacial score (nSPS) is 16.1. The van der Waals surface area contributed by atoms with Gasteiger partial charge in [0.15, 0.2) is 0 Å². The van der Waals surface area contributed by atoms with Gasteiger partial charge >= 0.3 is 0 Å². The van der Waals surface area contributed by atoms with E-state index in [-0.39, 0.29) is 5.91 Å². The van der Waals surface area contributed by atoms with E-state index in [4.69, 9.17) is 0 Å². The number of aryl methyl sites for hydroxylation is 1. The fraction of sp³-hybridized carbons (Fsp3) is 0.269. The molecule has 3 N–H and O–H groups in total. The van der Waals surface area contributed by atoms with Gasteiger partial charge in [0.05, 0.1) is 23.1 Å². The van der Waals surface area contributed by atoms with Crippen LogP contribution >= 0.6 is 0 Å². The molecule has 1 fully saturated rings. The van der Waals surface area contributed by atoms with E-state index < -0.39 is 0 Å². The Balaban J connectivity index is 1.31. The number of nitrogens with one attached hydrogen (secondary N) is 3. The van der Waals surface area contributed by atoms with Crippen molar-refractivity contribution in [3.63, 3.8) is 0 Å². The second-order valence-corrected chi connectivity index (χ2v) is 9.13. The molecule has 0 aliphatic carbocycles. The summed E-state index contributed by atoms with van der Waals surface area (Å²) in [6, 6.07) is 10.2. The van der Waals surface area contributed by atoms with E-state index in [0.29, 0.717) is 12.1 Å². The van der Waals surface area contributed by atoms with Gasteiger partial charge in [-0.05, 0) is 54.9 Å². The third-order valence-electron chi connectivity index (χ3n) is 6.80. The van der Waals surface area contributed by atoms with Gasteiger partial charge in [0.2, 0.25) is 0 Å². The minimum Gasteiger partial charge on any atom is -0.368 e. The van der Waals surface area contributed by atoms with Gasteiger partial charge in [0.25, 0.3) is 5.91 Å². The Morgan fingerprint density at radius 3 is 2.65 bits per heavy atom. The van der Waals surface area contributed by atoms with Crippen LogP contribution in [0.25, 0.3) is 22.2 Å². The monoisotopic (exact) mass is 453 g/mol. The highest BCUT2D eigenvalue weighted by atomic mass is 16.1. The highest BCUT2D eigenvalue weighted by Gasteiger charge is 2.27. The maximum Gasteiger partial charge on any atom is 0.254 e. The SMILES string of the molecule is Cc1cnc2[nH]cc(-c3ccc(Nc4ccc(N5CCN(C)CC5)cn4)c4c3CNC4=O)c2c1. The van der Waals surface area contributed by atoms with Crippen molar-refractivity contribution in [2.75, 3.05) is 43.4 Å². The van der Waals surface area contributed by atoms with Crippen LogP contribution in [-0.4, -0.2) is 59.0 Å². The van der Waals surface area contributed by atoms with E-state index >= 15 is 0 Å². The van der Waals surface area contributed by atoms with Crippen LogP contribution in [0.1, 0.15) is 21.5 Å². The number of piperazine rings is 1. The number of nitrogens with zero attached hydrogens (tertiary/aromatic N) is 4. The van der Waals surface area contributed by atoms with Crippen LogP contribution in [-0.2, 0) is 6.54 Å². The Morgan fingerprint density at radius 1 is 1.00 bits per heavy atom. The number of pyridine rings is 2. The first-order valence-electron chi connectivity index (χ1n) is 11.6. The second-order valence-electron chi connectivity index (χ2n) is 9.13. The number of rotatable bonds is 4. The van der Waals surface area contributed by atoms with E-state index in [9.17, 15) is 4.79 Å². The van der Waals surface area contributed by atoms with Crippen molar-refractivity contribution >= 4 is 34.1 Å². The fourth-order valence-corrected chi connectivity index (χ4v) is 4.88. The number of likely N-dealkylation sites (N-methyl/N-ethyl adjacent to an activating group) is 1. The molecule has 0 atom stereocenters. The molecule has 172 valence electrons. The van der Waals surface area contributed by atoms with Crippen LogP contribution < -0.4 is 15.5 Å². The Bertz CT molecular complexity index is 1380. The molecule has 8 heteroatoms. The van der Waals surface area contributed by atoms with E-state index in [2.05, 4.69) is 60.6 Å². The Labute approximate surface area is 198 Å². The highest BCUT2D eigenvalue weighted by Crippen LogP contribution is 2.38. The van der Waals surface area contributed by atoms with Crippen LogP contribution in [0.4, 0.5) is 17.2 Å². The van der Waals surface area contributed by atoms with E-state index in [0.717, 1.165) is 76.7 Å². The third-order valence-corrected chi connectivity index (χ3v) is 6.80. The molecule has 4 aromatic rings. The number of benzene rings is 1. The lowest BCUT2D eigenvalue weighted by Gasteiger charge is -2.33. The molecule has 2 aliphatic rings. The van der Waals surface area contributed by atoms with Crippen LogP contribution in [0.3, 0.4) is 0 Å². The fourth-order valence-electron chi connectivity index (χ4n) is 4.88. The molecule has 0 unspecified atom stereocenters. The summed E-state index contributed by atoms with van der Waals surface area (Å²) < 4.78 is 0. The number of hydrogen-bond donors (Lipinski definition) is 3. The van der Waals surface area contributed by atoms with Gasteiger partial charge in [-0.2, -0.15) is 0 Å². The highest BCUT2D eigenvalue weighted by molar-refractivity contribution is 6.07. The number of carbonyl (C=O) groups excluding carboxylic acids is 1. The molecule has 1 amide bonds. The smallest absolute Gasteiger partial charge is 0.254 e. The van der Waals surface area contributed by atoms with Crippen LogP contribution in [0, 0.1) is 6.92 Å². The van der Waals surface area contributed by atoms with Gasteiger partial charge in [-0.15, -0.1) is 0 Å².